The molecule has 3 aromatic rings. The number of hydrogen-bond donors (Lipinski definition) is 2. The Morgan fingerprint density at radius 3 is 2.44 bits per heavy atom. The number of anilines is 1. The molecule has 8 nitrogen and oxygen atoms in total. The second-order valence-electron chi connectivity index (χ2n) is 7.78. The molecule has 0 spiro atoms. The summed E-state index contributed by atoms with van der Waals surface area (Å²) in [6.45, 7) is 1.99. The molecule has 4 heterocycles. The Labute approximate surface area is 179 Å². The van der Waals surface area contributed by atoms with Crippen LogP contribution in [0.25, 0.3) is 11.0 Å². The fourth-order valence-corrected chi connectivity index (χ4v) is 3.83. The van der Waals surface area contributed by atoms with E-state index < -0.39 is 29.9 Å². The highest BCUT2D eigenvalue weighted by Gasteiger charge is 2.38. The summed E-state index contributed by atoms with van der Waals surface area (Å²) in [4.78, 5) is 14.3. The van der Waals surface area contributed by atoms with Gasteiger partial charge in [0.25, 0.3) is 5.92 Å². The third kappa shape index (κ3) is 4.42. The Bertz CT molecular complexity index is 1090. The van der Waals surface area contributed by atoms with Gasteiger partial charge in [-0.3, -0.25) is 9.88 Å². The van der Waals surface area contributed by atoms with Gasteiger partial charge in [0.05, 0.1) is 17.6 Å². The summed E-state index contributed by atoms with van der Waals surface area (Å²) in [5.41, 5.74) is -0.573. The van der Waals surface area contributed by atoms with Crippen molar-refractivity contribution in [2.45, 2.75) is 37.9 Å². The van der Waals surface area contributed by atoms with E-state index in [2.05, 4.69) is 25.4 Å². The summed E-state index contributed by atoms with van der Waals surface area (Å²) < 4.78 is 67.1. The number of nitrogen functional groups attached to an aromatic ring is 1. The number of alkyl halides is 5. The average Bonchev–Trinajstić information content (AvgIpc) is 3.03. The zero-order valence-corrected chi connectivity index (χ0v) is 17.1. The van der Waals surface area contributed by atoms with Gasteiger partial charge in [-0.1, -0.05) is 0 Å². The van der Waals surface area contributed by atoms with Crippen molar-refractivity contribution in [1.82, 2.24) is 29.7 Å². The number of nitrogens with one attached hydrogen (secondary N) is 1. The molecule has 3 aromatic heterocycles. The van der Waals surface area contributed by atoms with E-state index >= 15 is 0 Å². The van der Waals surface area contributed by atoms with Gasteiger partial charge < -0.3 is 11.2 Å². The van der Waals surface area contributed by atoms with Crippen molar-refractivity contribution in [3.63, 3.8) is 0 Å². The van der Waals surface area contributed by atoms with Crippen molar-refractivity contribution in [2.24, 2.45) is 0 Å². The van der Waals surface area contributed by atoms with Crippen molar-refractivity contribution in [3.05, 3.63) is 41.6 Å². The maximum absolute atomic E-state index is 14.6. The maximum Gasteiger partial charge on any atom is 0.433 e. The van der Waals surface area contributed by atoms with Gasteiger partial charge in [-0.25, -0.2) is 9.97 Å². The fraction of sp³-hybridized carbons (Fsp3) is 0.474. The smallest absolute Gasteiger partial charge is 0.367 e. The van der Waals surface area contributed by atoms with E-state index in [4.69, 9.17) is 5.84 Å². The Balaban J connectivity index is 1.37. The lowest BCUT2D eigenvalue weighted by molar-refractivity contribution is -0.141. The van der Waals surface area contributed by atoms with E-state index in [1.807, 2.05) is 0 Å². The number of pyridine rings is 1. The standard InChI is InChI=1S/C19H21F5N8/c1-11-15-16(27-10-28-17(15)32(25)30-11)29-13-4-6-31(7-5-13)9-18(20,21)12-2-3-14(26-8-12)19(22,23)24/h2-3,8,10,13H,4-7,9,25H2,1H3,(H,27,28,29). The summed E-state index contributed by atoms with van der Waals surface area (Å²) in [7, 11) is 0. The van der Waals surface area contributed by atoms with Crippen LogP contribution in [0.1, 0.15) is 29.8 Å². The first-order valence-electron chi connectivity index (χ1n) is 9.90. The third-order valence-corrected chi connectivity index (χ3v) is 5.49. The number of nitrogens with two attached hydrogens (primary N) is 1. The first-order valence-corrected chi connectivity index (χ1v) is 9.90. The Hall–Kier alpha value is -3.09. The molecule has 13 heteroatoms. The van der Waals surface area contributed by atoms with Crippen LogP contribution >= 0.6 is 0 Å². The van der Waals surface area contributed by atoms with E-state index in [1.54, 1.807) is 11.8 Å². The van der Waals surface area contributed by atoms with Gasteiger partial charge in [0.15, 0.2) is 5.65 Å². The number of likely N-dealkylation sites (tertiary alicyclic amines) is 1. The average molecular weight is 456 g/mol. The zero-order valence-electron chi connectivity index (χ0n) is 17.1. The van der Waals surface area contributed by atoms with Crippen LogP contribution in [0.4, 0.5) is 27.8 Å². The Morgan fingerprint density at radius 2 is 1.81 bits per heavy atom. The third-order valence-electron chi connectivity index (χ3n) is 5.49. The Morgan fingerprint density at radius 1 is 1.09 bits per heavy atom. The number of piperidine rings is 1. The molecule has 0 amide bonds. The molecule has 0 aliphatic carbocycles. The van der Waals surface area contributed by atoms with Crippen molar-refractivity contribution < 1.29 is 22.0 Å². The van der Waals surface area contributed by atoms with Crippen LogP contribution in [0.2, 0.25) is 0 Å². The summed E-state index contributed by atoms with van der Waals surface area (Å²) in [6.07, 6.45) is -1.52. The number of rotatable bonds is 5. The van der Waals surface area contributed by atoms with E-state index in [9.17, 15) is 22.0 Å². The van der Waals surface area contributed by atoms with Crippen molar-refractivity contribution in [3.8, 4) is 0 Å². The molecule has 0 bridgehead atoms. The van der Waals surface area contributed by atoms with Crippen molar-refractivity contribution in [1.29, 1.82) is 0 Å². The molecular weight excluding hydrogens is 435 g/mol. The minimum Gasteiger partial charge on any atom is -0.367 e. The predicted octanol–water partition coefficient (Wildman–Crippen LogP) is 2.93. The molecule has 1 saturated heterocycles. The minimum absolute atomic E-state index is 0.00577. The van der Waals surface area contributed by atoms with Gasteiger partial charge in [-0.2, -0.15) is 31.8 Å². The normalized spacial score (nSPS) is 16.6. The lowest BCUT2D eigenvalue weighted by Crippen LogP contribution is -2.43. The molecule has 1 aliphatic rings. The predicted molar refractivity (Wildman–Crippen MR) is 106 cm³/mol. The van der Waals surface area contributed by atoms with Crippen LogP contribution in [0.5, 0.6) is 0 Å². The molecule has 172 valence electrons. The van der Waals surface area contributed by atoms with Crippen LogP contribution in [-0.4, -0.2) is 55.4 Å². The Kier molecular flexibility index (Phi) is 5.61. The SMILES string of the molecule is Cc1nn(N)c2ncnc(NC3CCN(CC(F)(F)c4ccc(C(F)(F)F)nc4)CC3)c12. The first kappa shape index (κ1) is 22.1. The van der Waals surface area contributed by atoms with Gasteiger partial charge in [0.1, 0.15) is 17.8 Å². The van der Waals surface area contributed by atoms with Crippen LogP contribution in [0.3, 0.4) is 0 Å². The van der Waals surface area contributed by atoms with Crippen LogP contribution in [-0.2, 0) is 12.1 Å². The summed E-state index contributed by atoms with van der Waals surface area (Å²) in [6, 6.07) is 1.36. The summed E-state index contributed by atoms with van der Waals surface area (Å²) >= 11 is 0. The monoisotopic (exact) mass is 456 g/mol. The molecule has 32 heavy (non-hydrogen) atoms. The second-order valence-corrected chi connectivity index (χ2v) is 7.78. The number of fused-ring (bicyclic) bond motifs is 1. The molecule has 1 aliphatic heterocycles. The highest BCUT2D eigenvalue weighted by Crippen LogP contribution is 2.33. The van der Waals surface area contributed by atoms with Crippen LogP contribution in [0.15, 0.2) is 24.7 Å². The van der Waals surface area contributed by atoms with Gasteiger partial charge in [-0.15, -0.1) is 0 Å². The minimum atomic E-state index is -4.67. The van der Waals surface area contributed by atoms with Gasteiger partial charge in [-0.05, 0) is 31.9 Å². The molecule has 0 unspecified atom stereocenters. The van der Waals surface area contributed by atoms with E-state index in [-0.39, 0.29) is 6.04 Å². The molecule has 0 radical (unpaired) electrons. The lowest BCUT2D eigenvalue weighted by atomic mass is 10.0. The second kappa shape index (κ2) is 8.11. The zero-order chi connectivity index (χ0) is 23.1. The largest absolute Gasteiger partial charge is 0.433 e. The number of aromatic nitrogens is 5. The maximum atomic E-state index is 14.6. The molecule has 0 aromatic carbocycles. The van der Waals surface area contributed by atoms with Crippen molar-refractivity contribution in [2.75, 3.05) is 30.8 Å². The number of aryl methyl sites for hydroxylation is 1. The lowest BCUT2D eigenvalue weighted by Gasteiger charge is -2.34. The molecule has 3 N–H and O–H groups in total. The quantitative estimate of drug-likeness (QED) is 0.450. The van der Waals surface area contributed by atoms with E-state index in [1.165, 1.54) is 11.1 Å². The topological polar surface area (TPSA) is 97.8 Å². The van der Waals surface area contributed by atoms with Crippen molar-refractivity contribution >= 4 is 16.9 Å². The van der Waals surface area contributed by atoms with E-state index in [0.29, 0.717) is 60.7 Å². The molecule has 4 rings (SSSR count). The highest BCUT2D eigenvalue weighted by molar-refractivity contribution is 5.89. The first-order chi connectivity index (χ1) is 15.0. The summed E-state index contributed by atoms with van der Waals surface area (Å²) in [5.74, 6) is 3.05. The fourth-order valence-electron chi connectivity index (χ4n) is 3.83. The van der Waals surface area contributed by atoms with Gasteiger partial charge >= 0.3 is 6.18 Å². The van der Waals surface area contributed by atoms with Gasteiger partial charge in [0.2, 0.25) is 0 Å². The number of hydrogen-bond acceptors (Lipinski definition) is 7. The number of halogens is 5. The highest BCUT2D eigenvalue weighted by atomic mass is 19.4. The van der Waals surface area contributed by atoms with Gasteiger partial charge in [0, 0.05) is 30.9 Å². The van der Waals surface area contributed by atoms with Crippen LogP contribution in [0, 0.1) is 6.92 Å². The number of nitrogens with zero attached hydrogens (tertiary/aromatic N) is 6. The molecule has 0 saturated carbocycles. The summed E-state index contributed by atoms with van der Waals surface area (Å²) in [5, 5.41) is 8.17. The molecular formula is C19H21F5N8. The van der Waals surface area contributed by atoms with E-state index in [0.717, 1.165) is 6.07 Å². The molecule has 0 atom stereocenters. The van der Waals surface area contributed by atoms with Crippen LogP contribution < -0.4 is 11.2 Å². The molecule has 1 fully saturated rings.